The Morgan fingerprint density at radius 1 is 0.347 bits per heavy atom. The molecule has 0 N–H and O–H groups in total. The molecule has 0 bridgehead atoms. The molecule has 236 valence electrons. The largest absolute Gasteiger partial charge is 0.449 e. The maximum atomic E-state index is 12.5. The highest BCUT2D eigenvalue weighted by Crippen LogP contribution is 2.42. The molecule has 6 aromatic carbocycles. The Kier molecular flexibility index (Phi) is 6.65. The van der Waals surface area contributed by atoms with Crippen molar-refractivity contribution in [2.45, 2.75) is 18.3 Å². The second-order valence-corrected chi connectivity index (χ2v) is 12.2. The third-order valence-electron chi connectivity index (χ3n) is 9.43. The fourth-order valence-electron chi connectivity index (χ4n) is 7.02. The van der Waals surface area contributed by atoms with Crippen LogP contribution in [0.5, 0.6) is 0 Å². The molecule has 49 heavy (non-hydrogen) atoms. The number of benzene rings is 6. The molecule has 0 fully saturated rings. The van der Waals surface area contributed by atoms with E-state index in [9.17, 15) is 14.4 Å². The van der Waals surface area contributed by atoms with Gasteiger partial charge in [0, 0.05) is 33.8 Å². The van der Waals surface area contributed by atoms with Gasteiger partial charge in [-0.05, 0) is 71.3 Å². The molecule has 0 radical (unpaired) electrons. The number of cyclic esters (lactones) is 3. The van der Waals surface area contributed by atoms with Crippen molar-refractivity contribution >= 4 is 35.0 Å². The number of rotatable bonds is 6. The SMILES string of the molecule is O=C1OC(c2ccc(N(c3ccc(C4OC(=O)c5ccccc54)cc3)c3ccc(C4OC(=O)c5ccccc54)cc3)cc2)c2ccccc21. The number of carbonyl (C=O) groups is 3. The fraction of sp³-hybridized carbons (Fsp3) is 0.0714. The van der Waals surface area contributed by atoms with Crippen LogP contribution in [0.4, 0.5) is 17.1 Å². The van der Waals surface area contributed by atoms with Crippen LogP contribution in [-0.4, -0.2) is 17.9 Å². The number of anilines is 3. The predicted octanol–water partition coefficient (Wildman–Crippen LogP) is 8.94. The molecule has 7 nitrogen and oxygen atoms in total. The fourth-order valence-corrected chi connectivity index (χ4v) is 7.02. The minimum Gasteiger partial charge on any atom is -0.449 e. The third kappa shape index (κ3) is 4.78. The normalized spacial score (nSPS) is 18.6. The van der Waals surface area contributed by atoms with Crippen molar-refractivity contribution in [3.63, 3.8) is 0 Å². The van der Waals surface area contributed by atoms with E-state index in [0.717, 1.165) is 50.4 Å². The Labute approximate surface area is 281 Å². The van der Waals surface area contributed by atoms with Crippen LogP contribution in [0.15, 0.2) is 146 Å². The van der Waals surface area contributed by atoms with E-state index in [1.165, 1.54) is 0 Å². The first-order valence-electron chi connectivity index (χ1n) is 16.0. The lowest BCUT2D eigenvalue weighted by Crippen LogP contribution is -2.11. The second kappa shape index (κ2) is 11.3. The van der Waals surface area contributed by atoms with Crippen LogP contribution in [0.1, 0.15) is 82.8 Å². The molecular formula is C42H27NO6. The molecule has 0 aliphatic carbocycles. The summed E-state index contributed by atoms with van der Waals surface area (Å²) in [6, 6.07) is 46.3. The molecule has 3 atom stereocenters. The average molecular weight is 642 g/mol. The van der Waals surface area contributed by atoms with Crippen LogP contribution in [0.3, 0.4) is 0 Å². The average Bonchev–Trinajstić information content (AvgIpc) is 3.80. The lowest BCUT2D eigenvalue weighted by atomic mass is 9.98. The van der Waals surface area contributed by atoms with Gasteiger partial charge in [0.15, 0.2) is 18.3 Å². The van der Waals surface area contributed by atoms with Crippen LogP contribution in [0.2, 0.25) is 0 Å². The van der Waals surface area contributed by atoms with Crippen LogP contribution in [-0.2, 0) is 14.2 Å². The Bertz CT molecular complexity index is 2020. The molecule has 0 saturated heterocycles. The van der Waals surface area contributed by atoms with Gasteiger partial charge in [0.2, 0.25) is 0 Å². The van der Waals surface area contributed by atoms with Gasteiger partial charge >= 0.3 is 17.9 Å². The number of carbonyl (C=O) groups excluding carboxylic acids is 3. The van der Waals surface area contributed by atoms with E-state index < -0.39 is 18.3 Å². The maximum absolute atomic E-state index is 12.5. The van der Waals surface area contributed by atoms with Crippen molar-refractivity contribution in [2.75, 3.05) is 4.90 Å². The number of nitrogens with zero attached hydrogens (tertiary/aromatic N) is 1. The molecule has 0 aromatic heterocycles. The van der Waals surface area contributed by atoms with E-state index >= 15 is 0 Å². The minimum atomic E-state index is -0.473. The first-order chi connectivity index (χ1) is 24.0. The molecular weight excluding hydrogens is 614 g/mol. The Morgan fingerprint density at radius 3 is 0.898 bits per heavy atom. The quantitative estimate of drug-likeness (QED) is 0.133. The monoisotopic (exact) mass is 641 g/mol. The topological polar surface area (TPSA) is 82.1 Å². The number of fused-ring (bicyclic) bond motifs is 3. The van der Waals surface area contributed by atoms with Gasteiger partial charge in [0.25, 0.3) is 0 Å². The molecule has 0 saturated carbocycles. The van der Waals surface area contributed by atoms with Crippen molar-refractivity contribution in [2.24, 2.45) is 0 Å². The summed E-state index contributed by atoms with van der Waals surface area (Å²) in [5, 5.41) is 0. The van der Waals surface area contributed by atoms with E-state index in [1.54, 1.807) is 18.2 Å². The van der Waals surface area contributed by atoms with Crippen molar-refractivity contribution in [3.8, 4) is 0 Å². The molecule has 0 spiro atoms. The molecule has 3 heterocycles. The van der Waals surface area contributed by atoms with Crippen molar-refractivity contribution in [3.05, 3.63) is 196 Å². The van der Waals surface area contributed by atoms with Crippen molar-refractivity contribution < 1.29 is 28.6 Å². The number of esters is 3. The molecule has 9 rings (SSSR count). The summed E-state index contributed by atoms with van der Waals surface area (Å²) in [7, 11) is 0. The smallest absolute Gasteiger partial charge is 0.339 e. The molecule has 6 aromatic rings. The van der Waals surface area contributed by atoms with Gasteiger partial charge in [0.05, 0.1) is 16.7 Å². The molecule has 3 unspecified atom stereocenters. The molecule has 0 amide bonds. The van der Waals surface area contributed by atoms with Gasteiger partial charge < -0.3 is 19.1 Å². The zero-order valence-corrected chi connectivity index (χ0v) is 26.0. The van der Waals surface area contributed by atoms with Gasteiger partial charge in [-0.3, -0.25) is 0 Å². The van der Waals surface area contributed by atoms with Gasteiger partial charge in [-0.2, -0.15) is 0 Å². The van der Waals surface area contributed by atoms with Crippen molar-refractivity contribution in [1.82, 2.24) is 0 Å². The Balaban J connectivity index is 1.07. The lowest BCUT2D eigenvalue weighted by molar-refractivity contribution is 0.0446. The molecule has 3 aliphatic heterocycles. The van der Waals surface area contributed by atoms with Crippen LogP contribution < -0.4 is 4.90 Å². The third-order valence-corrected chi connectivity index (χ3v) is 9.43. The predicted molar refractivity (Wildman–Crippen MR) is 182 cm³/mol. The van der Waals surface area contributed by atoms with E-state index in [4.69, 9.17) is 14.2 Å². The van der Waals surface area contributed by atoms with E-state index in [0.29, 0.717) is 16.7 Å². The summed E-state index contributed by atoms with van der Waals surface area (Å²) >= 11 is 0. The highest BCUT2D eigenvalue weighted by atomic mass is 16.6. The van der Waals surface area contributed by atoms with Crippen LogP contribution in [0, 0.1) is 0 Å². The summed E-state index contributed by atoms with van der Waals surface area (Å²) in [4.78, 5) is 39.7. The number of hydrogen-bond acceptors (Lipinski definition) is 7. The zero-order valence-electron chi connectivity index (χ0n) is 26.0. The van der Waals surface area contributed by atoms with Gasteiger partial charge in [-0.1, -0.05) is 91.0 Å². The lowest BCUT2D eigenvalue weighted by Gasteiger charge is -2.27. The summed E-state index contributed by atoms with van der Waals surface area (Å²) < 4.78 is 17.3. The Hall–Kier alpha value is -6.47. The molecule has 7 heteroatoms. The number of ether oxygens (including phenoxy) is 3. The minimum absolute atomic E-state index is 0.322. The highest BCUT2D eigenvalue weighted by molar-refractivity contribution is 5.96. The van der Waals surface area contributed by atoms with E-state index in [2.05, 4.69) is 4.90 Å². The van der Waals surface area contributed by atoms with Gasteiger partial charge in [-0.15, -0.1) is 0 Å². The first-order valence-corrected chi connectivity index (χ1v) is 16.0. The zero-order chi connectivity index (χ0) is 33.1. The summed E-state index contributed by atoms with van der Waals surface area (Å²) in [6.07, 6.45) is -1.42. The standard InChI is InChI=1S/C42H27NO6/c44-40-34-10-4-1-7-31(34)37(47-40)25-13-19-28(20-14-25)43(29-21-15-26(16-22-29)38-32-8-2-5-11-35(32)41(45)48-38)30-23-17-27(18-24-30)39-33-9-3-6-12-36(33)42(46)49-39/h1-24,37-39H. The van der Waals surface area contributed by atoms with E-state index in [1.807, 2.05) is 127 Å². The van der Waals surface area contributed by atoms with E-state index in [-0.39, 0.29) is 17.9 Å². The maximum Gasteiger partial charge on any atom is 0.339 e. The molecule has 3 aliphatic rings. The van der Waals surface area contributed by atoms with Crippen LogP contribution >= 0.6 is 0 Å². The Morgan fingerprint density at radius 2 is 0.612 bits per heavy atom. The first kappa shape index (κ1) is 28.7. The van der Waals surface area contributed by atoms with Crippen LogP contribution in [0.25, 0.3) is 0 Å². The van der Waals surface area contributed by atoms with Crippen molar-refractivity contribution in [1.29, 1.82) is 0 Å². The number of hydrogen-bond donors (Lipinski definition) is 0. The highest BCUT2D eigenvalue weighted by Gasteiger charge is 2.34. The van der Waals surface area contributed by atoms with Gasteiger partial charge in [0.1, 0.15) is 0 Å². The summed E-state index contributed by atoms with van der Waals surface area (Å²) in [5.74, 6) is -0.965. The summed E-state index contributed by atoms with van der Waals surface area (Å²) in [6.45, 7) is 0. The second-order valence-electron chi connectivity index (χ2n) is 12.2. The summed E-state index contributed by atoms with van der Waals surface area (Å²) in [5.41, 5.74) is 9.60. The van der Waals surface area contributed by atoms with Gasteiger partial charge in [-0.25, -0.2) is 14.4 Å².